The van der Waals surface area contributed by atoms with Gasteiger partial charge in [-0.05, 0) is 48.7 Å². The molecule has 0 unspecified atom stereocenters. The first kappa shape index (κ1) is 18.0. The normalized spacial score (nSPS) is 13.2. The summed E-state index contributed by atoms with van der Waals surface area (Å²) in [6.45, 7) is 0.679. The van der Waals surface area contributed by atoms with Crippen LogP contribution in [-0.2, 0) is 11.3 Å². The van der Waals surface area contributed by atoms with Gasteiger partial charge in [-0.1, -0.05) is 24.3 Å². The monoisotopic (exact) mass is 374 g/mol. The Morgan fingerprint density at radius 2 is 1.86 bits per heavy atom. The van der Waals surface area contributed by atoms with Crippen molar-refractivity contribution in [2.24, 2.45) is 5.92 Å². The fraction of sp³-hybridized carbons (Fsp3) is 0.227. The fourth-order valence-electron chi connectivity index (χ4n) is 3.15. The number of benzene rings is 2. The van der Waals surface area contributed by atoms with E-state index < -0.39 is 0 Å². The van der Waals surface area contributed by atoms with E-state index in [-0.39, 0.29) is 17.7 Å². The molecule has 2 amide bonds. The molecule has 1 aromatic heterocycles. The summed E-state index contributed by atoms with van der Waals surface area (Å²) in [7, 11) is 1.73. The van der Waals surface area contributed by atoms with Crippen LogP contribution in [-0.4, -0.2) is 28.6 Å². The van der Waals surface area contributed by atoms with Gasteiger partial charge in [-0.2, -0.15) is 5.10 Å². The van der Waals surface area contributed by atoms with Crippen molar-refractivity contribution in [3.8, 4) is 0 Å². The molecule has 0 bridgehead atoms. The van der Waals surface area contributed by atoms with Crippen molar-refractivity contribution < 1.29 is 9.59 Å². The lowest BCUT2D eigenvalue weighted by molar-refractivity contribution is -0.119. The number of amides is 2. The third-order valence-corrected chi connectivity index (χ3v) is 4.88. The Morgan fingerprint density at radius 3 is 2.54 bits per heavy atom. The molecule has 4 rings (SSSR count). The number of para-hydroxylation sites is 1. The van der Waals surface area contributed by atoms with Crippen molar-refractivity contribution in [3.63, 3.8) is 0 Å². The summed E-state index contributed by atoms with van der Waals surface area (Å²) in [5, 5.41) is 7.12. The number of aromatic nitrogens is 2. The Bertz CT molecular complexity index is 976. The molecule has 1 heterocycles. The average molecular weight is 374 g/mol. The quantitative estimate of drug-likeness (QED) is 0.717. The Labute approximate surface area is 163 Å². The first-order valence-electron chi connectivity index (χ1n) is 9.36. The predicted octanol–water partition coefficient (Wildman–Crippen LogP) is 3.56. The maximum absolute atomic E-state index is 12.8. The summed E-state index contributed by atoms with van der Waals surface area (Å²) in [6.07, 6.45) is 5.52. The third-order valence-electron chi connectivity index (χ3n) is 4.88. The maximum atomic E-state index is 12.8. The molecule has 1 N–H and O–H groups in total. The van der Waals surface area contributed by atoms with Gasteiger partial charge in [-0.3, -0.25) is 14.3 Å². The largest absolute Gasteiger partial charge is 0.322 e. The van der Waals surface area contributed by atoms with Crippen LogP contribution in [0.3, 0.4) is 0 Å². The zero-order chi connectivity index (χ0) is 19.5. The molecular weight excluding hydrogens is 352 g/mol. The Kier molecular flexibility index (Phi) is 4.93. The lowest BCUT2D eigenvalue weighted by Crippen LogP contribution is -2.29. The van der Waals surface area contributed by atoms with E-state index in [1.54, 1.807) is 30.3 Å². The number of hydrogen-bond acceptors (Lipinski definition) is 3. The van der Waals surface area contributed by atoms with Crippen LogP contribution >= 0.6 is 0 Å². The zero-order valence-electron chi connectivity index (χ0n) is 15.7. The van der Waals surface area contributed by atoms with Crippen LogP contribution in [0.15, 0.2) is 67.0 Å². The number of hydrogen-bond donors (Lipinski definition) is 1. The summed E-state index contributed by atoms with van der Waals surface area (Å²) in [5.41, 5.74) is 2.92. The molecule has 6 heteroatoms. The van der Waals surface area contributed by atoms with Gasteiger partial charge < -0.3 is 10.2 Å². The van der Waals surface area contributed by atoms with Crippen LogP contribution in [0.25, 0.3) is 0 Å². The van der Waals surface area contributed by atoms with E-state index >= 15 is 0 Å². The van der Waals surface area contributed by atoms with Gasteiger partial charge >= 0.3 is 0 Å². The van der Waals surface area contributed by atoms with Crippen molar-refractivity contribution >= 4 is 23.2 Å². The Hall–Kier alpha value is -3.41. The van der Waals surface area contributed by atoms with Gasteiger partial charge in [0.05, 0.1) is 17.8 Å². The molecule has 28 heavy (non-hydrogen) atoms. The topological polar surface area (TPSA) is 67.2 Å². The number of carbonyl (C=O) groups is 2. The van der Waals surface area contributed by atoms with Gasteiger partial charge in [0.2, 0.25) is 5.91 Å². The van der Waals surface area contributed by atoms with Gasteiger partial charge in [0.1, 0.15) is 0 Å². The minimum Gasteiger partial charge on any atom is -0.322 e. The molecular formula is C22H22N4O2. The molecule has 1 aliphatic carbocycles. The molecule has 0 aliphatic heterocycles. The van der Waals surface area contributed by atoms with Gasteiger partial charge in [0.25, 0.3) is 5.91 Å². The van der Waals surface area contributed by atoms with Crippen LogP contribution in [0.5, 0.6) is 0 Å². The fourth-order valence-corrected chi connectivity index (χ4v) is 3.15. The van der Waals surface area contributed by atoms with Gasteiger partial charge in [0, 0.05) is 31.0 Å². The minimum atomic E-state index is -0.231. The second-order valence-corrected chi connectivity index (χ2v) is 7.04. The van der Waals surface area contributed by atoms with Crippen molar-refractivity contribution in [2.45, 2.75) is 19.4 Å². The highest BCUT2D eigenvalue weighted by molar-refractivity contribution is 6.10. The van der Waals surface area contributed by atoms with Crippen LogP contribution in [0.1, 0.15) is 28.8 Å². The summed E-state index contributed by atoms with van der Waals surface area (Å²) in [6, 6.07) is 16.8. The molecule has 1 fully saturated rings. The van der Waals surface area contributed by atoms with Crippen molar-refractivity contribution in [1.29, 1.82) is 0 Å². The molecule has 0 radical (unpaired) electrons. The molecule has 1 aliphatic rings. The molecule has 0 saturated heterocycles. The lowest BCUT2D eigenvalue weighted by Gasteiger charge is -2.20. The van der Waals surface area contributed by atoms with Gasteiger partial charge in [-0.25, -0.2) is 0 Å². The van der Waals surface area contributed by atoms with E-state index in [1.165, 1.54) is 0 Å². The summed E-state index contributed by atoms with van der Waals surface area (Å²) < 4.78 is 1.84. The smallest absolute Gasteiger partial charge is 0.257 e. The minimum absolute atomic E-state index is 0.0724. The van der Waals surface area contributed by atoms with Crippen LogP contribution in [0.2, 0.25) is 0 Å². The molecule has 142 valence electrons. The highest BCUT2D eigenvalue weighted by atomic mass is 16.2. The molecule has 1 saturated carbocycles. The predicted molar refractivity (Wildman–Crippen MR) is 108 cm³/mol. The maximum Gasteiger partial charge on any atom is 0.257 e. The SMILES string of the molecule is CN(C(=O)C1CC1)c1ccccc1C(=O)Nc1ccc(Cn2cccn2)cc1. The van der Waals surface area contributed by atoms with E-state index in [9.17, 15) is 9.59 Å². The van der Waals surface area contributed by atoms with E-state index in [1.807, 2.05) is 53.3 Å². The Morgan fingerprint density at radius 1 is 1.11 bits per heavy atom. The highest BCUT2D eigenvalue weighted by Gasteiger charge is 2.33. The van der Waals surface area contributed by atoms with Gasteiger partial charge in [0.15, 0.2) is 0 Å². The lowest BCUT2D eigenvalue weighted by atomic mass is 10.1. The first-order chi connectivity index (χ1) is 13.6. The number of anilines is 2. The Balaban J connectivity index is 1.47. The van der Waals surface area contributed by atoms with E-state index in [0.29, 0.717) is 23.5 Å². The second-order valence-electron chi connectivity index (χ2n) is 7.04. The molecule has 2 aromatic carbocycles. The van der Waals surface area contributed by atoms with Crippen LogP contribution < -0.4 is 10.2 Å². The number of nitrogens with zero attached hydrogens (tertiary/aromatic N) is 3. The van der Waals surface area contributed by atoms with Crippen molar-refractivity contribution in [2.75, 3.05) is 17.3 Å². The second kappa shape index (κ2) is 7.68. The van der Waals surface area contributed by atoms with Crippen LogP contribution in [0.4, 0.5) is 11.4 Å². The number of nitrogens with one attached hydrogen (secondary N) is 1. The van der Waals surface area contributed by atoms with Gasteiger partial charge in [-0.15, -0.1) is 0 Å². The van der Waals surface area contributed by atoms with Crippen molar-refractivity contribution in [3.05, 3.63) is 78.1 Å². The van der Waals surface area contributed by atoms with E-state index in [2.05, 4.69) is 10.4 Å². The standard InChI is InChI=1S/C22H22N4O2/c1-25(22(28)17-9-10-17)20-6-3-2-5-19(20)21(27)24-18-11-7-16(8-12-18)15-26-14-4-13-23-26/h2-8,11-14,17H,9-10,15H2,1H3,(H,24,27). The molecule has 0 atom stereocenters. The zero-order valence-corrected chi connectivity index (χ0v) is 15.7. The highest BCUT2D eigenvalue weighted by Crippen LogP contribution is 2.33. The molecule has 3 aromatic rings. The average Bonchev–Trinajstić information content (AvgIpc) is 3.45. The number of carbonyl (C=O) groups excluding carboxylic acids is 2. The van der Waals surface area contributed by atoms with E-state index in [4.69, 9.17) is 0 Å². The third kappa shape index (κ3) is 3.96. The molecule has 6 nitrogen and oxygen atoms in total. The van der Waals surface area contributed by atoms with Crippen LogP contribution in [0, 0.1) is 5.92 Å². The van der Waals surface area contributed by atoms with Crippen molar-refractivity contribution in [1.82, 2.24) is 9.78 Å². The van der Waals surface area contributed by atoms with E-state index in [0.717, 1.165) is 18.4 Å². The molecule has 0 spiro atoms. The summed E-state index contributed by atoms with van der Waals surface area (Å²) >= 11 is 0. The summed E-state index contributed by atoms with van der Waals surface area (Å²) in [5.74, 6) is -0.0578. The summed E-state index contributed by atoms with van der Waals surface area (Å²) in [4.78, 5) is 26.8. The first-order valence-corrected chi connectivity index (χ1v) is 9.36. The number of rotatable bonds is 6.